The second kappa shape index (κ2) is 8.84. The van der Waals surface area contributed by atoms with E-state index in [0.717, 1.165) is 50.8 Å². The second-order valence-corrected chi connectivity index (χ2v) is 5.91. The molecule has 130 valence electrons. The van der Waals surface area contributed by atoms with Gasteiger partial charge in [0.15, 0.2) is 5.96 Å². The summed E-state index contributed by atoms with van der Waals surface area (Å²) in [4.78, 5) is 6.68. The number of nitrogens with one attached hydrogen (secondary N) is 1. The molecule has 0 bridgehead atoms. The largest absolute Gasteiger partial charge is 0.381 e. The Labute approximate surface area is 154 Å². The van der Waals surface area contributed by atoms with Crippen molar-refractivity contribution in [2.24, 2.45) is 18.0 Å². The van der Waals surface area contributed by atoms with E-state index < -0.39 is 0 Å². The summed E-state index contributed by atoms with van der Waals surface area (Å²) in [6, 6.07) is 0. The van der Waals surface area contributed by atoms with Crippen LogP contribution in [0.25, 0.3) is 0 Å². The molecule has 0 spiro atoms. The smallest absolute Gasteiger partial charge is 0.193 e. The normalized spacial score (nSPS) is 25.3. The lowest BCUT2D eigenvalue weighted by Gasteiger charge is -2.35. The maximum Gasteiger partial charge on any atom is 0.193 e. The third kappa shape index (κ3) is 4.80. The first-order valence-electron chi connectivity index (χ1n) is 7.89. The van der Waals surface area contributed by atoms with Crippen LogP contribution in [-0.4, -0.2) is 67.1 Å². The minimum Gasteiger partial charge on any atom is -0.381 e. The van der Waals surface area contributed by atoms with Crippen molar-refractivity contribution in [3.63, 3.8) is 0 Å². The van der Waals surface area contributed by atoms with Crippen molar-refractivity contribution in [1.82, 2.24) is 20.0 Å². The van der Waals surface area contributed by atoms with Crippen molar-refractivity contribution in [1.29, 1.82) is 0 Å². The van der Waals surface area contributed by atoms with Crippen LogP contribution in [-0.2, 0) is 16.5 Å². The molecule has 2 unspecified atom stereocenters. The maximum absolute atomic E-state index is 5.88. The van der Waals surface area contributed by atoms with Gasteiger partial charge >= 0.3 is 0 Å². The summed E-state index contributed by atoms with van der Waals surface area (Å²) in [7, 11) is 3.76. The van der Waals surface area contributed by atoms with Crippen LogP contribution in [0.3, 0.4) is 0 Å². The topological polar surface area (TPSA) is 63.9 Å². The van der Waals surface area contributed by atoms with Crippen molar-refractivity contribution in [3.8, 4) is 0 Å². The summed E-state index contributed by atoms with van der Waals surface area (Å²) in [6.07, 6.45) is 5.07. The molecule has 2 aliphatic rings. The number of morpholine rings is 1. The van der Waals surface area contributed by atoms with Crippen molar-refractivity contribution < 1.29 is 9.47 Å². The number of aliphatic imine (C=N–C) groups is 1. The number of halogens is 1. The maximum atomic E-state index is 5.88. The molecule has 2 fully saturated rings. The Kier molecular flexibility index (Phi) is 7.09. The highest BCUT2D eigenvalue weighted by atomic mass is 127. The predicted octanol–water partition coefficient (Wildman–Crippen LogP) is 1.02. The molecule has 0 saturated carbocycles. The van der Waals surface area contributed by atoms with E-state index in [9.17, 15) is 0 Å². The average Bonchev–Trinajstić information content (AvgIpc) is 3.20. The van der Waals surface area contributed by atoms with Gasteiger partial charge < -0.3 is 19.7 Å². The average molecular weight is 435 g/mol. The molecule has 23 heavy (non-hydrogen) atoms. The van der Waals surface area contributed by atoms with Gasteiger partial charge in [0.1, 0.15) is 6.10 Å². The van der Waals surface area contributed by atoms with Gasteiger partial charge in [-0.1, -0.05) is 0 Å². The molecule has 0 aliphatic carbocycles. The van der Waals surface area contributed by atoms with Gasteiger partial charge in [-0.2, -0.15) is 5.10 Å². The first-order chi connectivity index (χ1) is 10.8. The molecule has 1 aromatic heterocycles. The highest BCUT2D eigenvalue weighted by Crippen LogP contribution is 2.21. The number of ether oxygens (including phenoxy) is 2. The van der Waals surface area contributed by atoms with Crippen molar-refractivity contribution >= 4 is 29.9 Å². The van der Waals surface area contributed by atoms with Crippen LogP contribution >= 0.6 is 24.0 Å². The number of hydrogen-bond donors (Lipinski definition) is 1. The number of rotatable bonds is 3. The molecule has 0 aromatic carbocycles. The molecule has 7 nitrogen and oxygen atoms in total. The fourth-order valence-electron chi connectivity index (χ4n) is 2.96. The molecule has 0 radical (unpaired) electrons. The van der Waals surface area contributed by atoms with E-state index in [2.05, 4.69) is 20.3 Å². The van der Waals surface area contributed by atoms with Gasteiger partial charge in [0.2, 0.25) is 0 Å². The van der Waals surface area contributed by atoms with E-state index in [1.54, 1.807) is 0 Å². The molecule has 3 heterocycles. The number of aryl methyl sites for hydroxylation is 1. The van der Waals surface area contributed by atoms with Crippen molar-refractivity contribution in [2.75, 3.05) is 46.5 Å². The minimum atomic E-state index is 0. The summed E-state index contributed by atoms with van der Waals surface area (Å²) in [5, 5.41) is 7.71. The Balaban J connectivity index is 0.00000192. The highest BCUT2D eigenvalue weighted by molar-refractivity contribution is 14.0. The van der Waals surface area contributed by atoms with Crippen LogP contribution in [0.15, 0.2) is 17.4 Å². The summed E-state index contributed by atoms with van der Waals surface area (Å²) in [5.41, 5.74) is 1.12. The van der Waals surface area contributed by atoms with Crippen LogP contribution < -0.4 is 5.32 Å². The Morgan fingerprint density at radius 1 is 1.48 bits per heavy atom. The predicted molar refractivity (Wildman–Crippen MR) is 99.2 cm³/mol. The van der Waals surface area contributed by atoms with Gasteiger partial charge in [-0.15, -0.1) is 24.0 Å². The van der Waals surface area contributed by atoms with E-state index in [4.69, 9.17) is 9.47 Å². The Bertz CT molecular complexity index is 516. The fourth-order valence-corrected chi connectivity index (χ4v) is 2.96. The lowest BCUT2D eigenvalue weighted by molar-refractivity contribution is -0.00808. The van der Waals surface area contributed by atoms with Crippen LogP contribution in [0.5, 0.6) is 0 Å². The molecule has 2 atom stereocenters. The van der Waals surface area contributed by atoms with Gasteiger partial charge in [-0.05, 0) is 6.42 Å². The summed E-state index contributed by atoms with van der Waals surface area (Å²) in [5.74, 6) is 1.54. The monoisotopic (exact) mass is 435 g/mol. The van der Waals surface area contributed by atoms with Gasteiger partial charge in [-0.3, -0.25) is 9.67 Å². The molecule has 1 aromatic rings. The Morgan fingerprint density at radius 2 is 2.35 bits per heavy atom. The fraction of sp³-hybridized carbons (Fsp3) is 0.733. The zero-order chi connectivity index (χ0) is 15.4. The SMILES string of the molecule is CN=C(NCC1CCOC1)N1CCOC(c2cnn(C)c2)C1.I. The van der Waals surface area contributed by atoms with E-state index in [1.165, 1.54) is 0 Å². The highest BCUT2D eigenvalue weighted by Gasteiger charge is 2.25. The van der Waals surface area contributed by atoms with Crippen molar-refractivity contribution in [3.05, 3.63) is 18.0 Å². The number of hydrogen-bond acceptors (Lipinski definition) is 4. The molecular formula is C15H26IN5O2. The third-order valence-electron chi connectivity index (χ3n) is 4.25. The molecule has 3 rings (SSSR count). The third-order valence-corrected chi connectivity index (χ3v) is 4.25. The van der Waals surface area contributed by atoms with Gasteiger partial charge in [0.25, 0.3) is 0 Å². The lowest BCUT2D eigenvalue weighted by atomic mass is 10.1. The zero-order valence-electron chi connectivity index (χ0n) is 13.8. The molecule has 0 amide bonds. The molecular weight excluding hydrogens is 409 g/mol. The lowest BCUT2D eigenvalue weighted by Crippen LogP contribution is -2.49. The summed E-state index contributed by atoms with van der Waals surface area (Å²) >= 11 is 0. The van der Waals surface area contributed by atoms with Crippen LogP contribution in [0.2, 0.25) is 0 Å². The molecule has 8 heteroatoms. The minimum absolute atomic E-state index is 0. The first-order valence-corrected chi connectivity index (χ1v) is 7.89. The first kappa shape index (κ1) is 18.5. The van der Waals surface area contributed by atoms with Gasteiger partial charge in [0.05, 0.1) is 26.0 Å². The molecule has 2 aliphatic heterocycles. The Morgan fingerprint density at radius 3 is 3.00 bits per heavy atom. The number of guanidine groups is 1. The zero-order valence-corrected chi connectivity index (χ0v) is 16.1. The van der Waals surface area contributed by atoms with Crippen LogP contribution in [0.4, 0.5) is 0 Å². The van der Waals surface area contributed by atoms with Crippen molar-refractivity contribution in [2.45, 2.75) is 12.5 Å². The standard InChI is InChI=1S/C15H25N5O2.HI/c1-16-15(17-7-12-3-5-21-11-12)20-4-6-22-14(10-20)13-8-18-19(2)9-13;/h8-9,12,14H,3-7,10-11H2,1-2H3,(H,16,17);1H. The Hall–Kier alpha value is -0.870. The van der Waals surface area contributed by atoms with Crippen LogP contribution in [0.1, 0.15) is 18.1 Å². The van der Waals surface area contributed by atoms with E-state index in [0.29, 0.717) is 12.5 Å². The molecule has 2 saturated heterocycles. The van der Waals surface area contributed by atoms with E-state index in [1.807, 2.05) is 31.2 Å². The second-order valence-electron chi connectivity index (χ2n) is 5.91. The van der Waals surface area contributed by atoms with Gasteiger partial charge in [-0.25, -0.2) is 0 Å². The van der Waals surface area contributed by atoms with E-state index >= 15 is 0 Å². The summed E-state index contributed by atoms with van der Waals surface area (Å²) in [6.45, 7) is 5.01. The van der Waals surface area contributed by atoms with Gasteiger partial charge in [0, 0.05) is 51.5 Å². The quantitative estimate of drug-likeness (QED) is 0.437. The van der Waals surface area contributed by atoms with E-state index in [-0.39, 0.29) is 30.1 Å². The number of nitrogens with zero attached hydrogens (tertiary/aromatic N) is 4. The number of aromatic nitrogens is 2. The molecule has 1 N–H and O–H groups in total. The van der Waals surface area contributed by atoms with Crippen LogP contribution in [0, 0.1) is 5.92 Å². The summed E-state index contributed by atoms with van der Waals surface area (Å²) < 4.78 is 13.1.